The van der Waals surface area contributed by atoms with Gasteiger partial charge in [-0.25, -0.2) is 0 Å². The van der Waals surface area contributed by atoms with E-state index in [1.165, 1.54) is 44.7 Å². The van der Waals surface area contributed by atoms with Crippen LogP contribution >= 0.6 is 0 Å². The third kappa shape index (κ3) is 6.39. The molecular formula is C28H30N2O4. The Labute approximate surface area is 200 Å². The van der Waals surface area contributed by atoms with E-state index in [0.29, 0.717) is 23.6 Å². The number of amides is 1. The Balaban J connectivity index is 1.33. The molecule has 1 aliphatic heterocycles. The molecule has 0 radical (unpaired) electrons. The summed E-state index contributed by atoms with van der Waals surface area (Å²) in [6, 6.07) is 20.8. The van der Waals surface area contributed by atoms with E-state index in [4.69, 9.17) is 9.47 Å². The lowest BCUT2D eigenvalue weighted by Crippen LogP contribution is -2.18. The van der Waals surface area contributed by atoms with Gasteiger partial charge in [-0.2, -0.15) is 0 Å². The molecule has 1 fully saturated rings. The number of phenols is 1. The van der Waals surface area contributed by atoms with Crippen molar-refractivity contribution in [2.45, 2.75) is 26.0 Å². The number of hydrogen-bond donors (Lipinski definition) is 2. The Bertz CT molecular complexity index is 1140. The Hall–Kier alpha value is -3.77. The molecule has 1 heterocycles. The smallest absolute Gasteiger partial charge is 0.248 e. The number of benzene rings is 3. The van der Waals surface area contributed by atoms with Crippen molar-refractivity contribution >= 4 is 17.7 Å². The first kappa shape index (κ1) is 23.4. The maximum Gasteiger partial charge on any atom is 0.248 e. The SMILES string of the molecule is COc1ccc(/C=C/C(=O)Nc2ccccc2COc2ccc(CN3CCCC3)cc2)cc1O. The topological polar surface area (TPSA) is 71.0 Å². The largest absolute Gasteiger partial charge is 0.504 e. The Morgan fingerprint density at radius 1 is 1.06 bits per heavy atom. The molecule has 2 N–H and O–H groups in total. The number of anilines is 1. The molecular weight excluding hydrogens is 428 g/mol. The number of phenolic OH excluding ortho intramolecular Hbond substituents is 1. The number of methoxy groups -OCH3 is 1. The predicted molar refractivity (Wildman–Crippen MR) is 134 cm³/mol. The highest BCUT2D eigenvalue weighted by atomic mass is 16.5. The molecule has 0 atom stereocenters. The Morgan fingerprint density at radius 3 is 2.56 bits per heavy atom. The summed E-state index contributed by atoms with van der Waals surface area (Å²) >= 11 is 0. The highest BCUT2D eigenvalue weighted by Crippen LogP contribution is 2.27. The molecule has 3 aromatic carbocycles. The number of carbonyl (C=O) groups is 1. The van der Waals surface area contributed by atoms with Gasteiger partial charge in [-0.05, 0) is 73.5 Å². The lowest BCUT2D eigenvalue weighted by atomic mass is 10.1. The number of nitrogens with zero attached hydrogens (tertiary/aromatic N) is 1. The fraction of sp³-hybridized carbons (Fsp3) is 0.250. The third-order valence-electron chi connectivity index (χ3n) is 5.83. The number of likely N-dealkylation sites (tertiary alicyclic amines) is 1. The number of rotatable bonds is 9. The molecule has 0 bridgehead atoms. The lowest BCUT2D eigenvalue weighted by Gasteiger charge is -2.15. The zero-order chi connectivity index (χ0) is 23.8. The fourth-order valence-electron chi connectivity index (χ4n) is 3.98. The maximum absolute atomic E-state index is 12.5. The molecule has 0 aliphatic carbocycles. The van der Waals surface area contributed by atoms with Crippen LogP contribution in [0, 0.1) is 0 Å². The van der Waals surface area contributed by atoms with Gasteiger partial charge in [0, 0.05) is 23.9 Å². The van der Waals surface area contributed by atoms with Crippen LogP contribution in [0.4, 0.5) is 5.69 Å². The van der Waals surface area contributed by atoms with Crippen LogP contribution < -0.4 is 14.8 Å². The monoisotopic (exact) mass is 458 g/mol. The van der Waals surface area contributed by atoms with Gasteiger partial charge in [0.25, 0.3) is 0 Å². The minimum absolute atomic E-state index is 0.0247. The number of para-hydroxylation sites is 1. The van der Waals surface area contributed by atoms with Gasteiger partial charge in [-0.3, -0.25) is 9.69 Å². The number of aromatic hydroxyl groups is 1. The summed E-state index contributed by atoms with van der Waals surface area (Å²) in [5.41, 5.74) is 3.56. The van der Waals surface area contributed by atoms with Crippen molar-refractivity contribution in [3.8, 4) is 17.2 Å². The summed E-state index contributed by atoms with van der Waals surface area (Å²) < 4.78 is 11.0. The first-order valence-corrected chi connectivity index (χ1v) is 11.5. The summed E-state index contributed by atoms with van der Waals surface area (Å²) in [5.74, 6) is 0.938. The molecule has 0 spiro atoms. The van der Waals surface area contributed by atoms with Gasteiger partial charge in [0.15, 0.2) is 11.5 Å². The van der Waals surface area contributed by atoms with Crippen molar-refractivity contribution in [2.75, 3.05) is 25.5 Å². The van der Waals surface area contributed by atoms with Gasteiger partial charge in [0.1, 0.15) is 12.4 Å². The second-order valence-corrected chi connectivity index (χ2v) is 8.33. The summed E-state index contributed by atoms with van der Waals surface area (Å²) in [5, 5.41) is 12.8. The van der Waals surface area contributed by atoms with Gasteiger partial charge < -0.3 is 19.9 Å². The van der Waals surface area contributed by atoms with E-state index in [1.807, 2.05) is 36.4 Å². The lowest BCUT2D eigenvalue weighted by molar-refractivity contribution is -0.111. The van der Waals surface area contributed by atoms with E-state index < -0.39 is 0 Å². The number of carbonyl (C=O) groups excluding carboxylic acids is 1. The van der Waals surface area contributed by atoms with Gasteiger partial charge in [-0.15, -0.1) is 0 Å². The van der Waals surface area contributed by atoms with E-state index in [9.17, 15) is 9.90 Å². The molecule has 4 rings (SSSR count). The number of ether oxygens (including phenoxy) is 2. The number of nitrogens with one attached hydrogen (secondary N) is 1. The van der Waals surface area contributed by atoms with Crippen LogP contribution in [0.3, 0.4) is 0 Å². The van der Waals surface area contributed by atoms with E-state index >= 15 is 0 Å². The van der Waals surface area contributed by atoms with Crippen LogP contribution in [0.15, 0.2) is 72.8 Å². The Morgan fingerprint density at radius 2 is 1.82 bits per heavy atom. The second kappa shape index (κ2) is 11.4. The molecule has 1 amide bonds. The van der Waals surface area contributed by atoms with E-state index in [-0.39, 0.29) is 11.7 Å². The van der Waals surface area contributed by atoms with E-state index in [2.05, 4.69) is 22.3 Å². The van der Waals surface area contributed by atoms with Crippen LogP contribution in [0.25, 0.3) is 6.08 Å². The number of hydrogen-bond acceptors (Lipinski definition) is 5. The first-order chi connectivity index (χ1) is 16.6. The zero-order valence-electron chi connectivity index (χ0n) is 19.4. The van der Waals surface area contributed by atoms with Crippen molar-refractivity contribution in [3.63, 3.8) is 0 Å². The highest BCUT2D eigenvalue weighted by Gasteiger charge is 2.12. The zero-order valence-corrected chi connectivity index (χ0v) is 19.4. The van der Waals surface area contributed by atoms with E-state index in [0.717, 1.165) is 17.9 Å². The quantitative estimate of drug-likeness (QED) is 0.430. The Kier molecular flexibility index (Phi) is 7.83. The first-order valence-electron chi connectivity index (χ1n) is 11.5. The summed E-state index contributed by atoms with van der Waals surface area (Å²) in [6.07, 6.45) is 5.64. The summed E-state index contributed by atoms with van der Waals surface area (Å²) in [6.45, 7) is 3.69. The van der Waals surface area contributed by atoms with Crippen LogP contribution in [0.5, 0.6) is 17.2 Å². The normalized spacial score (nSPS) is 13.8. The summed E-state index contributed by atoms with van der Waals surface area (Å²) in [7, 11) is 1.49. The maximum atomic E-state index is 12.5. The molecule has 6 nitrogen and oxygen atoms in total. The molecule has 6 heteroatoms. The molecule has 3 aromatic rings. The average Bonchev–Trinajstić information content (AvgIpc) is 3.36. The van der Waals surface area contributed by atoms with Crippen LogP contribution in [-0.4, -0.2) is 36.1 Å². The standard InChI is InChI=1S/C28H30N2O4/c1-33-27-14-10-21(18-26(27)31)11-15-28(32)29-25-7-3-2-6-23(25)20-34-24-12-8-22(9-13-24)19-30-16-4-5-17-30/h2-3,6-15,18,31H,4-5,16-17,19-20H2,1H3,(H,29,32)/b15-11+. The third-order valence-corrected chi connectivity index (χ3v) is 5.83. The minimum Gasteiger partial charge on any atom is -0.504 e. The molecule has 1 saturated heterocycles. The minimum atomic E-state index is -0.269. The van der Waals surface area contributed by atoms with Crippen molar-refractivity contribution in [1.82, 2.24) is 4.90 Å². The molecule has 34 heavy (non-hydrogen) atoms. The van der Waals surface area contributed by atoms with E-state index in [1.54, 1.807) is 24.3 Å². The van der Waals surface area contributed by atoms with Gasteiger partial charge in [0.05, 0.1) is 7.11 Å². The molecule has 1 aliphatic rings. The van der Waals surface area contributed by atoms with Gasteiger partial charge >= 0.3 is 0 Å². The molecule has 0 saturated carbocycles. The van der Waals surface area contributed by atoms with Crippen molar-refractivity contribution < 1.29 is 19.4 Å². The second-order valence-electron chi connectivity index (χ2n) is 8.33. The predicted octanol–water partition coefficient (Wildman–Crippen LogP) is 5.23. The molecule has 0 unspecified atom stereocenters. The highest BCUT2D eigenvalue weighted by molar-refractivity contribution is 6.02. The summed E-state index contributed by atoms with van der Waals surface area (Å²) in [4.78, 5) is 14.9. The van der Waals surface area contributed by atoms with Crippen molar-refractivity contribution in [2.24, 2.45) is 0 Å². The van der Waals surface area contributed by atoms with Crippen LogP contribution in [0.2, 0.25) is 0 Å². The molecule has 176 valence electrons. The van der Waals surface area contributed by atoms with Crippen LogP contribution in [-0.2, 0) is 17.9 Å². The van der Waals surface area contributed by atoms with Crippen LogP contribution in [0.1, 0.15) is 29.5 Å². The molecule has 0 aromatic heterocycles. The van der Waals surface area contributed by atoms with Crippen molar-refractivity contribution in [1.29, 1.82) is 0 Å². The van der Waals surface area contributed by atoms with Crippen molar-refractivity contribution in [3.05, 3.63) is 89.5 Å². The van der Waals surface area contributed by atoms with Gasteiger partial charge in [-0.1, -0.05) is 36.4 Å². The average molecular weight is 459 g/mol. The van der Waals surface area contributed by atoms with Gasteiger partial charge in [0.2, 0.25) is 5.91 Å². The fourth-order valence-corrected chi connectivity index (χ4v) is 3.98.